The number of halogens is 1. The van der Waals surface area contributed by atoms with Gasteiger partial charge in [0.2, 0.25) is 0 Å². The fourth-order valence-electron chi connectivity index (χ4n) is 2.60. The highest BCUT2D eigenvalue weighted by Gasteiger charge is 2.86. The van der Waals surface area contributed by atoms with E-state index in [9.17, 15) is 15.0 Å². The van der Waals surface area contributed by atoms with Crippen molar-refractivity contribution in [3.8, 4) is 0 Å². The predicted molar refractivity (Wildman–Crippen MR) is 66.6 cm³/mol. The first-order valence-electron chi connectivity index (χ1n) is 5.59. The average Bonchev–Trinajstić information content (AvgIpc) is 2.73. The second-order valence-corrected chi connectivity index (χ2v) is 5.15. The Hall–Kier alpha value is -1.41. The maximum absolute atomic E-state index is 11.7. The third-order valence-corrected chi connectivity index (χ3v) is 4.33. The van der Waals surface area contributed by atoms with Crippen LogP contribution in [0.1, 0.15) is 6.23 Å². The molecular formula is C11H12ClN3O4. The molecule has 0 amide bonds. The lowest BCUT2D eigenvalue weighted by atomic mass is 10.1. The zero-order valence-corrected chi connectivity index (χ0v) is 10.5. The molecular weight excluding hydrogens is 274 g/mol. The molecule has 2 aliphatic rings. The van der Waals surface area contributed by atoms with Crippen LogP contribution in [0.4, 0.5) is 5.82 Å². The van der Waals surface area contributed by atoms with Crippen molar-refractivity contribution in [2.45, 2.75) is 28.9 Å². The van der Waals surface area contributed by atoms with E-state index in [2.05, 4.69) is 11.6 Å². The third-order valence-electron chi connectivity index (χ3n) is 3.78. The van der Waals surface area contributed by atoms with Crippen molar-refractivity contribution in [1.82, 2.24) is 9.55 Å². The van der Waals surface area contributed by atoms with Gasteiger partial charge in [0.1, 0.15) is 22.9 Å². The molecule has 0 bridgehead atoms. The summed E-state index contributed by atoms with van der Waals surface area (Å²) >= 11 is 6.12. The number of nitrogen functional groups attached to an aromatic ring is 1. The summed E-state index contributed by atoms with van der Waals surface area (Å²) < 4.78 is 6.66. The first-order valence-corrected chi connectivity index (χ1v) is 6.02. The van der Waals surface area contributed by atoms with E-state index >= 15 is 0 Å². The number of nitrogens with zero attached hydrogens (tertiary/aromatic N) is 2. The van der Waals surface area contributed by atoms with Gasteiger partial charge < -0.3 is 20.7 Å². The van der Waals surface area contributed by atoms with E-state index in [1.165, 1.54) is 18.3 Å². The molecule has 4 N–H and O–H groups in total. The van der Waals surface area contributed by atoms with E-state index in [0.29, 0.717) is 0 Å². The first kappa shape index (κ1) is 12.6. The van der Waals surface area contributed by atoms with Crippen LogP contribution in [-0.4, -0.2) is 42.4 Å². The van der Waals surface area contributed by atoms with Gasteiger partial charge in [-0.25, -0.2) is 4.79 Å². The monoisotopic (exact) mass is 285 g/mol. The van der Waals surface area contributed by atoms with E-state index in [1.807, 2.05) is 0 Å². The van der Waals surface area contributed by atoms with Crippen LogP contribution in [0.3, 0.4) is 0 Å². The van der Waals surface area contributed by atoms with Crippen molar-refractivity contribution >= 4 is 17.4 Å². The van der Waals surface area contributed by atoms with E-state index in [-0.39, 0.29) is 5.82 Å². The van der Waals surface area contributed by atoms with Crippen molar-refractivity contribution in [3.63, 3.8) is 0 Å². The highest BCUT2D eigenvalue weighted by atomic mass is 35.5. The molecule has 102 valence electrons. The Balaban J connectivity index is 2.02. The molecule has 0 aromatic carbocycles. The van der Waals surface area contributed by atoms with Gasteiger partial charge >= 0.3 is 5.69 Å². The maximum Gasteiger partial charge on any atom is 0.351 e. The fraction of sp³-hybridized carbons (Fsp3) is 0.455. The summed E-state index contributed by atoms with van der Waals surface area (Å²) in [4.78, 5) is 15.3. The van der Waals surface area contributed by atoms with Crippen LogP contribution in [0.5, 0.6) is 0 Å². The number of nitrogens with two attached hydrogens (primary N) is 1. The summed E-state index contributed by atoms with van der Waals surface area (Å²) in [5, 5.41) is 19.0. The highest BCUT2D eigenvalue weighted by molar-refractivity contribution is 6.22. The van der Waals surface area contributed by atoms with E-state index in [4.69, 9.17) is 22.1 Å². The lowest BCUT2D eigenvalue weighted by molar-refractivity contribution is -0.0442. The first-order chi connectivity index (χ1) is 8.88. The molecule has 3 rings (SSSR count). The molecule has 8 heteroatoms. The summed E-state index contributed by atoms with van der Waals surface area (Å²) in [6.07, 6.45) is 0.563. The summed E-state index contributed by atoms with van der Waals surface area (Å²) in [7, 11) is 0. The van der Waals surface area contributed by atoms with Gasteiger partial charge in [-0.3, -0.25) is 4.57 Å². The summed E-state index contributed by atoms with van der Waals surface area (Å²) in [5.74, 6) is 0.0766. The number of aromatic nitrogens is 2. The fourth-order valence-corrected chi connectivity index (χ4v) is 3.06. The Labute approximate surface area is 112 Å². The zero-order chi connectivity index (χ0) is 14.0. The average molecular weight is 286 g/mol. The molecule has 2 unspecified atom stereocenters. The largest absolute Gasteiger partial charge is 0.386 e. The zero-order valence-electron chi connectivity index (χ0n) is 9.73. The Bertz CT molecular complexity index is 620. The normalized spacial score (nSPS) is 43.8. The number of aliphatic hydroxyl groups excluding tert-OH is 1. The Morgan fingerprint density at radius 2 is 2.37 bits per heavy atom. The number of alkyl halides is 1. The standard InChI is InChI=1S/C11H12ClN3O4/c1-2-10-8(16)11(10,18)6(12)7(19-10)15-4-3-5(13)14-9(15)17/h2-4,6-8,16,18H,1H2,(H2,13,14,17)/t6-,7+,8?,10?,11+/m0/s1. The van der Waals surface area contributed by atoms with Crippen molar-refractivity contribution in [3.05, 3.63) is 35.4 Å². The van der Waals surface area contributed by atoms with Crippen LogP contribution in [-0.2, 0) is 4.74 Å². The molecule has 1 aromatic heterocycles. The number of rotatable bonds is 2. The minimum atomic E-state index is -1.65. The summed E-state index contributed by atoms with van der Waals surface area (Å²) in [5.41, 5.74) is 1.76. The van der Waals surface area contributed by atoms with E-state index in [1.54, 1.807) is 0 Å². The summed E-state index contributed by atoms with van der Waals surface area (Å²) in [6, 6.07) is 1.42. The molecule has 2 fully saturated rings. The van der Waals surface area contributed by atoms with Gasteiger partial charge in [0.05, 0.1) is 0 Å². The molecule has 1 aromatic rings. The molecule has 7 nitrogen and oxygen atoms in total. The van der Waals surface area contributed by atoms with Crippen molar-refractivity contribution in [2.24, 2.45) is 0 Å². The van der Waals surface area contributed by atoms with Gasteiger partial charge in [-0.15, -0.1) is 18.2 Å². The number of ether oxygens (including phenoxy) is 1. The van der Waals surface area contributed by atoms with E-state index in [0.717, 1.165) is 4.57 Å². The number of hydrogen-bond donors (Lipinski definition) is 3. The van der Waals surface area contributed by atoms with Gasteiger partial charge in [-0.05, 0) is 6.07 Å². The minimum absolute atomic E-state index is 0.0766. The van der Waals surface area contributed by atoms with Gasteiger partial charge in [0.15, 0.2) is 11.8 Å². The Morgan fingerprint density at radius 3 is 2.89 bits per heavy atom. The van der Waals surface area contributed by atoms with Crippen LogP contribution in [0.25, 0.3) is 0 Å². The number of fused-ring (bicyclic) bond motifs is 1. The molecule has 0 spiro atoms. The molecule has 5 atom stereocenters. The molecule has 1 saturated heterocycles. The molecule has 19 heavy (non-hydrogen) atoms. The smallest absolute Gasteiger partial charge is 0.351 e. The molecule has 0 radical (unpaired) electrons. The van der Waals surface area contributed by atoms with Gasteiger partial charge in [0.25, 0.3) is 0 Å². The van der Waals surface area contributed by atoms with Gasteiger partial charge in [0, 0.05) is 6.20 Å². The Morgan fingerprint density at radius 1 is 1.68 bits per heavy atom. The van der Waals surface area contributed by atoms with Crippen LogP contribution in [0.2, 0.25) is 0 Å². The minimum Gasteiger partial charge on any atom is -0.386 e. The van der Waals surface area contributed by atoms with Crippen LogP contribution < -0.4 is 11.4 Å². The van der Waals surface area contributed by atoms with Crippen LogP contribution in [0.15, 0.2) is 29.7 Å². The van der Waals surface area contributed by atoms with Gasteiger partial charge in [-0.1, -0.05) is 6.08 Å². The summed E-state index contributed by atoms with van der Waals surface area (Å²) in [6.45, 7) is 3.52. The van der Waals surface area contributed by atoms with Crippen molar-refractivity contribution in [2.75, 3.05) is 5.73 Å². The topological polar surface area (TPSA) is 111 Å². The van der Waals surface area contributed by atoms with Crippen molar-refractivity contribution < 1.29 is 14.9 Å². The van der Waals surface area contributed by atoms with Gasteiger partial charge in [-0.2, -0.15) is 4.98 Å². The molecule has 1 aliphatic carbocycles. The van der Waals surface area contributed by atoms with Crippen LogP contribution in [0, 0.1) is 0 Å². The van der Waals surface area contributed by atoms with Crippen LogP contribution >= 0.6 is 11.6 Å². The number of aliphatic hydroxyl groups is 2. The van der Waals surface area contributed by atoms with Crippen molar-refractivity contribution in [1.29, 1.82) is 0 Å². The molecule has 2 heterocycles. The number of hydrogen-bond acceptors (Lipinski definition) is 6. The highest BCUT2D eigenvalue weighted by Crippen LogP contribution is 2.64. The second kappa shape index (κ2) is 3.57. The lowest BCUT2D eigenvalue weighted by Gasteiger charge is -2.22. The quantitative estimate of drug-likeness (QED) is 0.474. The SMILES string of the molecule is C=CC12O[C@@H](n3ccc(N)nc3=O)[C@H](Cl)[C@@]1(O)C2O. The molecule has 1 saturated carbocycles. The molecule has 1 aliphatic heterocycles. The second-order valence-electron chi connectivity index (χ2n) is 4.68. The maximum atomic E-state index is 11.7. The predicted octanol–water partition coefficient (Wildman–Crippen LogP) is -1.01. The lowest BCUT2D eigenvalue weighted by Crippen LogP contribution is -2.37. The number of anilines is 1. The van der Waals surface area contributed by atoms with E-state index < -0.39 is 34.6 Å². The Kier molecular flexibility index (Phi) is 2.37. The third kappa shape index (κ3) is 1.28.